The van der Waals surface area contributed by atoms with Crippen LogP contribution in [0.15, 0.2) is 12.1 Å². The highest BCUT2D eigenvalue weighted by atomic mass is 35.5. The Bertz CT molecular complexity index is 347. The zero-order valence-corrected chi connectivity index (χ0v) is 10.0. The van der Waals surface area contributed by atoms with Crippen molar-refractivity contribution in [2.24, 2.45) is 0 Å². The molecule has 0 spiro atoms. The third kappa shape index (κ3) is 2.96. The highest BCUT2D eigenvalue weighted by molar-refractivity contribution is 6.30. The first-order valence-electron chi connectivity index (χ1n) is 5.08. The highest BCUT2D eigenvalue weighted by Crippen LogP contribution is 2.29. The number of carbonyl (C=O) groups is 1. The molecule has 0 fully saturated rings. The van der Waals surface area contributed by atoms with Crippen molar-refractivity contribution in [2.75, 3.05) is 0 Å². The van der Waals surface area contributed by atoms with Crippen molar-refractivity contribution >= 4 is 17.6 Å². The molecule has 3 heteroatoms. The first-order valence-corrected chi connectivity index (χ1v) is 5.46. The van der Waals surface area contributed by atoms with Crippen molar-refractivity contribution in [1.82, 2.24) is 0 Å². The summed E-state index contributed by atoms with van der Waals surface area (Å²) in [6, 6.07) is 3.69. The fraction of sp³-hybridized carbons (Fsp3) is 0.417. The Labute approximate surface area is 95.2 Å². The number of carbonyl (C=O) groups excluding carboxylic acids is 1. The maximum atomic E-state index is 11.0. The Morgan fingerprint density at radius 1 is 1.27 bits per heavy atom. The molecule has 0 heterocycles. The summed E-state index contributed by atoms with van der Waals surface area (Å²) in [6.07, 6.45) is 1.60. The molecule has 2 nitrogen and oxygen atoms in total. The Morgan fingerprint density at radius 2 is 1.73 bits per heavy atom. The van der Waals surface area contributed by atoms with Crippen molar-refractivity contribution in [3.63, 3.8) is 0 Å². The second kappa shape index (κ2) is 5.17. The van der Waals surface area contributed by atoms with E-state index in [-0.39, 0.29) is 5.97 Å². The van der Waals surface area contributed by atoms with Crippen LogP contribution in [0.25, 0.3) is 0 Å². The first-order chi connectivity index (χ1) is 7.08. The van der Waals surface area contributed by atoms with Crippen LogP contribution in [0.2, 0.25) is 5.02 Å². The van der Waals surface area contributed by atoms with Crippen LogP contribution in [-0.4, -0.2) is 5.97 Å². The molecule has 0 radical (unpaired) electrons. The number of aryl methyl sites for hydroxylation is 2. The number of benzene rings is 1. The summed E-state index contributed by atoms with van der Waals surface area (Å²) in [5.41, 5.74) is 1.96. The predicted molar refractivity (Wildman–Crippen MR) is 61.5 cm³/mol. The molecule has 1 aromatic carbocycles. The molecule has 0 atom stereocenters. The minimum atomic E-state index is -0.290. The van der Waals surface area contributed by atoms with Crippen molar-refractivity contribution in [2.45, 2.75) is 33.6 Å². The van der Waals surface area contributed by atoms with Crippen LogP contribution in [0.5, 0.6) is 5.75 Å². The van der Waals surface area contributed by atoms with E-state index >= 15 is 0 Å². The van der Waals surface area contributed by atoms with E-state index < -0.39 is 0 Å². The molecule has 0 aliphatic rings. The largest absolute Gasteiger partial charge is 0.426 e. The lowest BCUT2D eigenvalue weighted by Gasteiger charge is -2.12. The maximum absolute atomic E-state index is 11.0. The lowest BCUT2D eigenvalue weighted by atomic mass is 10.0. The van der Waals surface area contributed by atoms with E-state index in [0.717, 1.165) is 24.0 Å². The van der Waals surface area contributed by atoms with Gasteiger partial charge < -0.3 is 4.74 Å². The molecule has 0 aromatic heterocycles. The minimum absolute atomic E-state index is 0.290. The van der Waals surface area contributed by atoms with Gasteiger partial charge in [-0.1, -0.05) is 25.4 Å². The van der Waals surface area contributed by atoms with Gasteiger partial charge in [-0.2, -0.15) is 0 Å². The zero-order valence-electron chi connectivity index (χ0n) is 9.26. The molecule has 0 aliphatic heterocycles. The van der Waals surface area contributed by atoms with Crippen molar-refractivity contribution in [3.05, 3.63) is 28.3 Å². The van der Waals surface area contributed by atoms with Gasteiger partial charge in [0.25, 0.3) is 0 Å². The standard InChI is InChI=1S/C12H15ClO2/c1-4-9-6-11(13)7-10(5-2)12(9)15-8(3)14/h6-7H,4-5H2,1-3H3. The lowest BCUT2D eigenvalue weighted by Crippen LogP contribution is -2.06. The number of esters is 1. The molecule has 15 heavy (non-hydrogen) atoms. The molecule has 0 amide bonds. The fourth-order valence-electron chi connectivity index (χ4n) is 1.51. The van der Waals surface area contributed by atoms with Crippen LogP contribution in [0.4, 0.5) is 0 Å². The van der Waals surface area contributed by atoms with Gasteiger partial charge in [0, 0.05) is 11.9 Å². The van der Waals surface area contributed by atoms with Gasteiger partial charge in [0.05, 0.1) is 0 Å². The molecule has 82 valence electrons. The molecule has 1 aromatic rings. The van der Waals surface area contributed by atoms with E-state index in [1.54, 1.807) is 0 Å². The Balaban J connectivity index is 3.23. The summed E-state index contributed by atoms with van der Waals surface area (Å²) in [4.78, 5) is 11.0. The Hall–Kier alpha value is -1.02. The van der Waals surface area contributed by atoms with Crippen molar-refractivity contribution in [1.29, 1.82) is 0 Å². The average Bonchev–Trinajstić information content (AvgIpc) is 2.19. The molecule has 0 N–H and O–H groups in total. The van der Waals surface area contributed by atoms with E-state index in [9.17, 15) is 4.79 Å². The predicted octanol–water partition coefficient (Wildman–Crippen LogP) is 3.39. The van der Waals surface area contributed by atoms with Gasteiger partial charge in [0.1, 0.15) is 5.75 Å². The minimum Gasteiger partial charge on any atom is -0.426 e. The third-order valence-electron chi connectivity index (χ3n) is 2.22. The normalized spacial score (nSPS) is 10.1. The number of hydrogen-bond acceptors (Lipinski definition) is 2. The van der Waals surface area contributed by atoms with Crippen LogP contribution >= 0.6 is 11.6 Å². The Kier molecular flexibility index (Phi) is 4.15. The van der Waals surface area contributed by atoms with Crippen molar-refractivity contribution < 1.29 is 9.53 Å². The number of halogens is 1. The average molecular weight is 227 g/mol. The van der Waals surface area contributed by atoms with Gasteiger partial charge in [-0.15, -0.1) is 0 Å². The molecular weight excluding hydrogens is 212 g/mol. The summed E-state index contributed by atoms with van der Waals surface area (Å²) >= 11 is 5.98. The van der Waals surface area contributed by atoms with Crippen LogP contribution in [0, 0.1) is 0 Å². The maximum Gasteiger partial charge on any atom is 0.308 e. The second-order valence-corrected chi connectivity index (χ2v) is 3.79. The Morgan fingerprint density at radius 3 is 2.07 bits per heavy atom. The van der Waals surface area contributed by atoms with Gasteiger partial charge in [0.2, 0.25) is 0 Å². The van der Waals surface area contributed by atoms with E-state index in [4.69, 9.17) is 16.3 Å². The van der Waals surface area contributed by atoms with Crippen LogP contribution in [0.1, 0.15) is 31.9 Å². The molecule has 0 aliphatic carbocycles. The number of ether oxygens (including phenoxy) is 1. The number of hydrogen-bond donors (Lipinski definition) is 0. The second-order valence-electron chi connectivity index (χ2n) is 3.35. The lowest BCUT2D eigenvalue weighted by molar-refractivity contribution is -0.132. The van der Waals surface area contributed by atoms with Crippen LogP contribution < -0.4 is 4.74 Å². The molecule has 1 rings (SSSR count). The van der Waals surface area contributed by atoms with Gasteiger partial charge in [-0.25, -0.2) is 0 Å². The summed E-state index contributed by atoms with van der Waals surface area (Å²) in [5.74, 6) is 0.388. The highest BCUT2D eigenvalue weighted by Gasteiger charge is 2.11. The van der Waals surface area contributed by atoms with E-state index in [0.29, 0.717) is 10.8 Å². The number of rotatable bonds is 3. The summed E-state index contributed by atoms with van der Waals surface area (Å²) in [7, 11) is 0. The molecule has 0 saturated heterocycles. The summed E-state index contributed by atoms with van der Waals surface area (Å²) in [5, 5.41) is 0.694. The summed E-state index contributed by atoms with van der Waals surface area (Å²) in [6.45, 7) is 5.43. The van der Waals surface area contributed by atoms with Gasteiger partial charge in [0.15, 0.2) is 0 Å². The van der Waals surface area contributed by atoms with Gasteiger partial charge in [-0.05, 0) is 36.1 Å². The topological polar surface area (TPSA) is 26.3 Å². The van der Waals surface area contributed by atoms with Crippen LogP contribution in [-0.2, 0) is 17.6 Å². The van der Waals surface area contributed by atoms with E-state index in [2.05, 4.69) is 0 Å². The molecular formula is C12H15ClO2. The van der Waals surface area contributed by atoms with Crippen molar-refractivity contribution in [3.8, 4) is 5.75 Å². The van der Waals surface area contributed by atoms with E-state index in [1.165, 1.54) is 6.92 Å². The van der Waals surface area contributed by atoms with E-state index in [1.807, 2.05) is 26.0 Å². The van der Waals surface area contributed by atoms with Gasteiger partial charge >= 0.3 is 5.97 Å². The first kappa shape index (κ1) is 12.1. The fourth-order valence-corrected chi connectivity index (χ4v) is 1.78. The van der Waals surface area contributed by atoms with Crippen LogP contribution in [0.3, 0.4) is 0 Å². The smallest absolute Gasteiger partial charge is 0.308 e. The third-order valence-corrected chi connectivity index (χ3v) is 2.43. The quantitative estimate of drug-likeness (QED) is 0.583. The van der Waals surface area contributed by atoms with Gasteiger partial charge in [-0.3, -0.25) is 4.79 Å². The monoisotopic (exact) mass is 226 g/mol. The summed E-state index contributed by atoms with van der Waals surface area (Å²) < 4.78 is 5.22. The molecule has 0 saturated carbocycles. The molecule has 0 bridgehead atoms. The SMILES string of the molecule is CCc1cc(Cl)cc(CC)c1OC(C)=O. The zero-order chi connectivity index (χ0) is 11.4. The molecule has 0 unspecified atom stereocenters.